The summed E-state index contributed by atoms with van der Waals surface area (Å²) >= 11 is 0. The first-order valence-corrected chi connectivity index (χ1v) is 24.7. The van der Waals surface area contributed by atoms with E-state index in [1.165, 1.54) is 141 Å². The van der Waals surface area contributed by atoms with Crippen LogP contribution >= 0.6 is 7.82 Å². The van der Waals surface area contributed by atoms with Gasteiger partial charge in [0.2, 0.25) is 5.91 Å². The number of amides is 1. The summed E-state index contributed by atoms with van der Waals surface area (Å²) in [6.07, 6.45) is 40.8. The Morgan fingerprint density at radius 3 is 1.33 bits per heavy atom. The summed E-state index contributed by atoms with van der Waals surface area (Å²) in [5.41, 5.74) is 0. The van der Waals surface area contributed by atoms with Crippen LogP contribution < -0.4 is 5.32 Å². The van der Waals surface area contributed by atoms with E-state index in [1.807, 2.05) is 0 Å². The summed E-state index contributed by atoms with van der Waals surface area (Å²) in [5.74, 6) is -2.36. The zero-order valence-electron chi connectivity index (χ0n) is 36.4. The Morgan fingerprint density at radius 2 is 0.912 bits per heavy atom. The predicted molar refractivity (Wildman–Crippen MR) is 231 cm³/mol. The topological polar surface area (TPSA) is 169 Å². The molecule has 0 aromatic heterocycles. The number of phosphoric ester groups is 1. The number of aliphatic hydroxyl groups excluding tert-OH is 1. The highest BCUT2D eigenvalue weighted by Crippen LogP contribution is 2.43. The fraction of sp³-hybridized carbons (Fsp3) is 0.889. The average molecular weight is 832 g/mol. The summed E-state index contributed by atoms with van der Waals surface area (Å²) in [7, 11) is -4.75. The molecule has 0 radical (unpaired) electrons. The van der Waals surface area contributed by atoms with Gasteiger partial charge in [0.15, 0.2) is 6.04 Å². The molecule has 0 fully saturated rings. The van der Waals surface area contributed by atoms with Crippen molar-refractivity contribution in [3.8, 4) is 0 Å². The van der Waals surface area contributed by atoms with Crippen LogP contribution in [0.15, 0.2) is 12.2 Å². The van der Waals surface area contributed by atoms with Crippen molar-refractivity contribution in [1.29, 1.82) is 0 Å². The second-order valence-electron chi connectivity index (χ2n) is 15.9. The zero-order valence-corrected chi connectivity index (χ0v) is 37.3. The first kappa shape index (κ1) is 55.2. The Bertz CT molecular complexity index is 1030. The number of aliphatic carboxylic acids is 1. The minimum atomic E-state index is -4.75. The first-order chi connectivity index (χ1) is 27.6. The van der Waals surface area contributed by atoms with Gasteiger partial charge in [0, 0.05) is 12.8 Å². The number of carboxylic acids is 1. The number of ether oxygens (including phenoxy) is 1. The number of unbranched alkanes of at least 4 members (excludes halogenated alkanes) is 28. The van der Waals surface area contributed by atoms with Gasteiger partial charge in [0.1, 0.15) is 12.7 Å². The minimum absolute atomic E-state index is 0.151. The Morgan fingerprint density at radius 1 is 0.544 bits per heavy atom. The summed E-state index contributed by atoms with van der Waals surface area (Å²) in [6.45, 7) is 2.61. The lowest BCUT2D eigenvalue weighted by atomic mass is 10.0. The molecule has 0 aliphatic heterocycles. The number of carbonyl (C=O) groups excluding carboxylic acids is 2. The number of hydrogen-bond donors (Lipinski definition) is 4. The third-order valence-corrected chi connectivity index (χ3v) is 11.3. The van der Waals surface area contributed by atoms with E-state index in [2.05, 4.69) is 31.3 Å². The van der Waals surface area contributed by atoms with Crippen LogP contribution in [0.5, 0.6) is 0 Å². The maximum Gasteiger partial charge on any atom is 0.472 e. The van der Waals surface area contributed by atoms with Crippen molar-refractivity contribution in [2.24, 2.45) is 0 Å². The number of aliphatic hydroxyl groups is 1. The molecule has 3 atom stereocenters. The van der Waals surface area contributed by atoms with Crippen LogP contribution in [0.4, 0.5) is 0 Å². The Kier molecular flexibility index (Phi) is 39.7. The van der Waals surface area contributed by atoms with Crippen LogP contribution in [0, 0.1) is 0 Å². The minimum Gasteiger partial charge on any atom is -0.480 e. The van der Waals surface area contributed by atoms with E-state index in [-0.39, 0.29) is 12.8 Å². The van der Waals surface area contributed by atoms with Crippen LogP contribution in [0.1, 0.15) is 226 Å². The van der Waals surface area contributed by atoms with Crippen LogP contribution in [0.25, 0.3) is 0 Å². The van der Waals surface area contributed by atoms with Crippen LogP contribution in [-0.4, -0.2) is 64.9 Å². The number of phosphoric acid groups is 1. The van der Waals surface area contributed by atoms with Gasteiger partial charge in [-0.05, 0) is 38.5 Å². The SMILES string of the molecule is CCCCCCCC/C=C\CCCCCCCCCC(=O)OCC(O)COP(=O)(O)OCC(NC(=O)CCCCCCCCCCCCCCCCCC)C(=O)O. The molecule has 12 heteroatoms. The molecule has 336 valence electrons. The fourth-order valence-corrected chi connectivity index (χ4v) is 7.44. The van der Waals surface area contributed by atoms with Gasteiger partial charge in [0.05, 0.1) is 13.2 Å². The molecule has 0 aromatic carbocycles. The molecule has 0 aliphatic carbocycles. The van der Waals surface area contributed by atoms with Gasteiger partial charge in [-0.15, -0.1) is 0 Å². The van der Waals surface area contributed by atoms with Crippen molar-refractivity contribution in [1.82, 2.24) is 5.32 Å². The lowest BCUT2D eigenvalue weighted by molar-refractivity contribution is -0.147. The summed E-state index contributed by atoms with van der Waals surface area (Å²) in [5, 5.41) is 21.9. The molecule has 0 spiro atoms. The maximum atomic E-state index is 12.3. The van der Waals surface area contributed by atoms with Gasteiger partial charge in [-0.25, -0.2) is 9.36 Å². The quantitative estimate of drug-likeness (QED) is 0.0201. The summed E-state index contributed by atoms with van der Waals surface area (Å²) < 4.78 is 26.9. The van der Waals surface area contributed by atoms with Crippen LogP contribution in [0.2, 0.25) is 0 Å². The molecule has 0 aliphatic rings. The molecule has 0 aromatic rings. The van der Waals surface area contributed by atoms with E-state index >= 15 is 0 Å². The second kappa shape index (κ2) is 41.0. The van der Waals surface area contributed by atoms with E-state index in [0.29, 0.717) is 12.8 Å². The Hall–Kier alpha value is -1.78. The maximum absolute atomic E-state index is 12.3. The lowest BCUT2D eigenvalue weighted by Gasteiger charge is -2.18. The van der Waals surface area contributed by atoms with Gasteiger partial charge < -0.3 is 25.2 Å². The van der Waals surface area contributed by atoms with E-state index in [1.54, 1.807) is 0 Å². The molecule has 0 heterocycles. The summed E-state index contributed by atoms with van der Waals surface area (Å²) in [4.78, 5) is 46.0. The normalized spacial score (nSPS) is 13.8. The number of rotatable bonds is 44. The van der Waals surface area contributed by atoms with Crippen molar-refractivity contribution in [3.05, 3.63) is 12.2 Å². The van der Waals surface area contributed by atoms with E-state index in [9.17, 15) is 34.1 Å². The monoisotopic (exact) mass is 832 g/mol. The standard InChI is InChI=1S/C45H86NO10P/c1-3-5-7-9-11-13-15-17-19-21-23-25-27-29-31-33-35-37-44(49)54-38-41(47)39-55-57(52,53)56-40-42(45(50)51)46-43(48)36-34-32-30-28-26-24-22-20-18-16-14-12-10-8-6-4-2/h17,19,41-42,47H,3-16,18,20-40H2,1-2H3,(H,46,48)(H,50,51)(H,52,53)/b19-17-. The Labute approximate surface area is 347 Å². The highest BCUT2D eigenvalue weighted by atomic mass is 31.2. The zero-order chi connectivity index (χ0) is 42.1. The number of carboxylic acid groups (broad SMARTS) is 1. The molecule has 4 N–H and O–H groups in total. The third-order valence-electron chi connectivity index (χ3n) is 10.3. The highest BCUT2D eigenvalue weighted by Gasteiger charge is 2.28. The second-order valence-corrected chi connectivity index (χ2v) is 17.4. The largest absolute Gasteiger partial charge is 0.480 e. The van der Waals surface area contributed by atoms with E-state index in [0.717, 1.165) is 44.9 Å². The Balaban J connectivity index is 3.86. The fourth-order valence-electron chi connectivity index (χ4n) is 6.66. The molecule has 0 saturated heterocycles. The van der Waals surface area contributed by atoms with Crippen molar-refractivity contribution in [2.45, 2.75) is 238 Å². The van der Waals surface area contributed by atoms with Gasteiger partial charge in [-0.3, -0.25) is 18.6 Å². The third kappa shape index (κ3) is 40.8. The van der Waals surface area contributed by atoms with Gasteiger partial charge in [-0.2, -0.15) is 0 Å². The van der Waals surface area contributed by atoms with Crippen molar-refractivity contribution in [3.63, 3.8) is 0 Å². The molecule has 3 unspecified atom stereocenters. The van der Waals surface area contributed by atoms with Gasteiger partial charge in [-0.1, -0.05) is 187 Å². The molecule has 1 amide bonds. The molecular weight excluding hydrogens is 745 g/mol. The van der Waals surface area contributed by atoms with E-state index in [4.69, 9.17) is 13.8 Å². The molecule has 0 bridgehead atoms. The van der Waals surface area contributed by atoms with Crippen molar-refractivity contribution >= 4 is 25.7 Å². The average Bonchev–Trinajstić information content (AvgIpc) is 3.18. The molecule has 0 rings (SSSR count). The number of allylic oxidation sites excluding steroid dienone is 2. The van der Waals surface area contributed by atoms with Gasteiger partial charge >= 0.3 is 19.8 Å². The van der Waals surface area contributed by atoms with Crippen molar-refractivity contribution < 1.29 is 47.8 Å². The first-order valence-electron chi connectivity index (χ1n) is 23.2. The number of carbonyl (C=O) groups is 3. The number of esters is 1. The summed E-state index contributed by atoms with van der Waals surface area (Å²) in [6, 6.07) is -1.54. The molecule has 57 heavy (non-hydrogen) atoms. The molecule has 0 saturated carbocycles. The van der Waals surface area contributed by atoms with Crippen LogP contribution in [0.3, 0.4) is 0 Å². The predicted octanol–water partition coefficient (Wildman–Crippen LogP) is 12.1. The number of hydrogen-bond acceptors (Lipinski definition) is 8. The van der Waals surface area contributed by atoms with Crippen molar-refractivity contribution in [2.75, 3.05) is 19.8 Å². The van der Waals surface area contributed by atoms with Crippen LogP contribution in [-0.2, 0) is 32.7 Å². The van der Waals surface area contributed by atoms with Gasteiger partial charge in [0.25, 0.3) is 0 Å². The smallest absolute Gasteiger partial charge is 0.472 e. The lowest BCUT2D eigenvalue weighted by Crippen LogP contribution is -2.43. The van der Waals surface area contributed by atoms with E-state index < -0.39 is 57.6 Å². The molecule has 11 nitrogen and oxygen atoms in total. The molecular formula is C45H86NO10P. The number of nitrogens with one attached hydrogen (secondary N) is 1. The highest BCUT2D eigenvalue weighted by molar-refractivity contribution is 7.47.